The third-order valence-corrected chi connectivity index (χ3v) is 8.33. The van der Waals surface area contributed by atoms with Crippen molar-refractivity contribution in [3.8, 4) is 0 Å². The van der Waals surface area contributed by atoms with Gasteiger partial charge in [-0.1, -0.05) is 6.92 Å². The molecule has 0 spiro atoms. The third kappa shape index (κ3) is 5.28. The Balaban J connectivity index is 1.81. The second kappa shape index (κ2) is 9.55. The van der Waals surface area contributed by atoms with Crippen molar-refractivity contribution in [2.24, 2.45) is 0 Å². The van der Waals surface area contributed by atoms with Gasteiger partial charge in [-0.25, -0.2) is 21.2 Å². The molecule has 1 saturated heterocycles. The molecule has 0 unspecified atom stereocenters. The molecule has 32 heavy (non-hydrogen) atoms. The van der Waals surface area contributed by atoms with Crippen LogP contribution in [0.5, 0.6) is 0 Å². The van der Waals surface area contributed by atoms with Gasteiger partial charge in [0.25, 0.3) is 0 Å². The number of nitrogens with one attached hydrogen (secondary N) is 1. The van der Waals surface area contributed by atoms with E-state index in [4.69, 9.17) is 0 Å². The number of carbonyl (C=O) groups excluding carboxylic acids is 1. The van der Waals surface area contributed by atoms with Gasteiger partial charge in [-0.15, -0.1) is 0 Å². The van der Waals surface area contributed by atoms with Gasteiger partial charge >= 0.3 is 0 Å². The minimum Gasteiger partial charge on any atom is -0.324 e. The normalized spacial score (nSPS) is 16.0. The second-order valence-corrected chi connectivity index (χ2v) is 11.4. The van der Waals surface area contributed by atoms with Crippen molar-refractivity contribution < 1.29 is 26.0 Å². The lowest BCUT2D eigenvalue weighted by molar-refractivity contribution is -0.117. The number of halogens is 1. The summed E-state index contributed by atoms with van der Waals surface area (Å²) < 4.78 is 65.8. The van der Waals surface area contributed by atoms with Gasteiger partial charge in [-0.2, -0.15) is 4.31 Å². The Hall–Kier alpha value is -2.50. The van der Waals surface area contributed by atoms with E-state index in [-0.39, 0.29) is 17.0 Å². The quantitative estimate of drug-likeness (QED) is 0.622. The summed E-state index contributed by atoms with van der Waals surface area (Å²) in [5, 5.41) is 2.65. The number of benzene rings is 2. The molecule has 1 heterocycles. The maximum atomic E-state index is 13.3. The zero-order valence-electron chi connectivity index (χ0n) is 17.9. The third-order valence-electron chi connectivity index (χ3n) is 5.24. The first-order valence-electron chi connectivity index (χ1n) is 10.2. The monoisotopic (exact) mass is 483 g/mol. The molecule has 1 aliphatic rings. The van der Waals surface area contributed by atoms with E-state index in [2.05, 4.69) is 5.32 Å². The van der Waals surface area contributed by atoms with E-state index in [0.29, 0.717) is 18.8 Å². The topological polar surface area (TPSA) is 104 Å². The molecule has 1 fully saturated rings. The summed E-state index contributed by atoms with van der Waals surface area (Å²) in [5.74, 6) is -1.11. The highest BCUT2D eigenvalue weighted by molar-refractivity contribution is 7.92. The number of anilines is 2. The molecule has 0 bridgehead atoms. The molecule has 1 aliphatic heterocycles. The van der Waals surface area contributed by atoms with Crippen LogP contribution in [-0.2, 0) is 24.8 Å². The predicted molar refractivity (Wildman–Crippen MR) is 121 cm³/mol. The Labute approximate surface area is 188 Å². The van der Waals surface area contributed by atoms with Crippen LogP contribution in [0.2, 0.25) is 0 Å². The Morgan fingerprint density at radius 1 is 1.03 bits per heavy atom. The molecular formula is C21H26FN3O5S2. The van der Waals surface area contributed by atoms with Crippen LogP contribution in [-0.4, -0.2) is 52.4 Å². The van der Waals surface area contributed by atoms with Crippen LogP contribution < -0.4 is 9.62 Å². The van der Waals surface area contributed by atoms with E-state index in [9.17, 15) is 26.0 Å². The largest absolute Gasteiger partial charge is 0.324 e. The first-order valence-corrected chi connectivity index (χ1v) is 13.5. The van der Waals surface area contributed by atoms with E-state index < -0.39 is 37.8 Å². The van der Waals surface area contributed by atoms with E-state index in [0.717, 1.165) is 35.5 Å². The molecule has 0 aliphatic carbocycles. The molecule has 0 radical (unpaired) electrons. The van der Waals surface area contributed by atoms with Crippen molar-refractivity contribution in [2.75, 3.05) is 29.0 Å². The fourth-order valence-corrected chi connectivity index (χ4v) is 6.39. The summed E-state index contributed by atoms with van der Waals surface area (Å²) >= 11 is 0. The van der Waals surface area contributed by atoms with E-state index in [1.807, 2.05) is 0 Å². The molecular weight excluding hydrogens is 457 g/mol. The second-order valence-electron chi connectivity index (χ2n) is 7.58. The summed E-state index contributed by atoms with van der Waals surface area (Å²) in [6, 6.07) is 9.52. The molecule has 1 N–H and O–H groups in total. The van der Waals surface area contributed by atoms with Crippen molar-refractivity contribution in [1.29, 1.82) is 0 Å². The molecule has 3 rings (SSSR count). The number of nitrogens with zero attached hydrogens (tertiary/aromatic N) is 2. The van der Waals surface area contributed by atoms with Crippen molar-refractivity contribution >= 4 is 37.3 Å². The molecule has 8 nitrogen and oxygen atoms in total. The minimum atomic E-state index is -3.85. The van der Waals surface area contributed by atoms with Gasteiger partial charge in [0.1, 0.15) is 11.9 Å². The van der Waals surface area contributed by atoms with Crippen LogP contribution in [0.4, 0.5) is 15.8 Å². The highest BCUT2D eigenvalue weighted by Gasteiger charge is 2.32. The SMILES string of the molecule is CC[C@H](C(=O)Nc1ccc(S(=O)(=O)N2CCCC2)cc1)N(c1ccc(F)cc1)S(C)(=O)=O. The highest BCUT2D eigenvalue weighted by Crippen LogP contribution is 2.25. The van der Waals surface area contributed by atoms with Gasteiger partial charge in [0, 0.05) is 18.8 Å². The lowest BCUT2D eigenvalue weighted by atomic mass is 10.2. The van der Waals surface area contributed by atoms with Crippen LogP contribution in [0.1, 0.15) is 26.2 Å². The summed E-state index contributed by atoms with van der Waals surface area (Å²) in [6.45, 7) is 2.64. The summed E-state index contributed by atoms with van der Waals surface area (Å²) in [6.07, 6.45) is 2.80. The minimum absolute atomic E-state index is 0.133. The molecule has 174 valence electrons. The van der Waals surface area contributed by atoms with Crippen LogP contribution >= 0.6 is 0 Å². The number of hydrogen-bond donors (Lipinski definition) is 1. The molecule has 2 aromatic carbocycles. The number of sulfonamides is 2. The van der Waals surface area contributed by atoms with Crippen LogP contribution in [0.3, 0.4) is 0 Å². The van der Waals surface area contributed by atoms with Gasteiger partial charge in [0.2, 0.25) is 26.0 Å². The Bertz CT molecular complexity index is 1160. The smallest absolute Gasteiger partial charge is 0.248 e. The fraction of sp³-hybridized carbons (Fsp3) is 0.381. The van der Waals surface area contributed by atoms with Crippen molar-refractivity contribution in [2.45, 2.75) is 37.1 Å². The molecule has 0 saturated carbocycles. The molecule has 0 aromatic heterocycles. The molecule has 2 aromatic rings. The van der Waals surface area contributed by atoms with Crippen molar-refractivity contribution in [1.82, 2.24) is 4.31 Å². The average molecular weight is 484 g/mol. The molecule has 1 amide bonds. The number of amides is 1. The van der Waals surface area contributed by atoms with Crippen LogP contribution in [0.15, 0.2) is 53.4 Å². The Morgan fingerprint density at radius 3 is 2.09 bits per heavy atom. The van der Waals surface area contributed by atoms with Crippen LogP contribution in [0.25, 0.3) is 0 Å². The zero-order valence-corrected chi connectivity index (χ0v) is 19.5. The van der Waals surface area contributed by atoms with Crippen molar-refractivity contribution in [3.63, 3.8) is 0 Å². The van der Waals surface area contributed by atoms with Gasteiger partial charge < -0.3 is 5.32 Å². The summed E-state index contributed by atoms with van der Waals surface area (Å²) in [4.78, 5) is 13.1. The number of hydrogen-bond acceptors (Lipinski definition) is 5. The lowest BCUT2D eigenvalue weighted by Gasteiger charge is -2.30. The number of rotatable bonds is 8. The lowest BCUT2D eigenvalue weighted by Crippen LogP contribution is -2.47. The maximum absolute atomic E-state index is 13.3. The highest BCUT2D eigenvalue weighted by atomic mass is 32.2. The summed E-state index contributed by atoms with van der Waals surface area (Å²) in [5.41, 5.74) is 0.504. The van der Waals surface area contributed by atoms with E-state index in [1.165, 1.54) is 40.7 Å². The number of carbonyl (C=O) groups is 1. The average Bonchev–Trinajstić information content (AvgIpc) is 3.28. The molecule has 1 atom stereocenters. The fourth-order valence-electron chi connectivity index (χ4n) is 3.66. The summed E-state index contributed by atoms with van der Waals surface area (Å²) in [7, 11) is -7.42. The van der Waals surface area contributed by atoms with Gasteiger partial charge in [-0.3, -0.25) is 9.10 Å². The standard InChI is InChI=1S/C21H26FN3O5S2/c1-3-20(25(31(2,27)28)18-10-6-16(22)7-11-18)21(26)23-17-8-12-19(13-9-17)32(29,30)24-14-4-5-15-24/h6-13,20H,3-5,14-15H2,1-2H3,(H,23,26)/t20-/m1/s1. The van der Waals surface area contributed by atoms with Gasteiger partial charge in [0.15, 0.2) is 0 Å². The molecule has 11 heteroatoms. The van der Waals surface area contributed by atoms with Crippen molar-refractivity contribution in [3.05, 3.63) is 54.3 Å². The van der Waals surface area contributed by atoms with E-state index >= 15 is 0 Å². The first-order chi connectivity index (χ1) is 15.0. The predicted octanol–water partition coefficient (Wildman–Crippen LogP) is 2.79. The van der Waals surface area contributed by atoms with Crippen LogP contribution in [0, 0.1) is 5.82 Å². The Kier molecular flexibility index (Phi) is 7.21. The van der Waals surface area contributed by atoms with Gasteiger partial charge in [-0.05, 0) is 67.8 Å². The zero-order chi connectivity index (χ0) is 23.5. The maximum Gasteiger partial charge on any atom is 0.248 e. The Morgan fingerprint density at radius 2 is 1.59 bits per heavy atom. The van der Waals surface area contributed by atoms with E-state index in [1.54, 1.807) is 6.92 Å². The first kappa shape index (κ1) is 24.1. The van der Waals surface area contributed by atoms with Gasteiger partial charge in [0.05, 0.1) is 16.8 Å².